The van der Waals surface area contributed by atoms with Crippen molar-refractivity contribution < 1.29 is 0 Å². The second-order valence-electron chi connectivity index (χ2n) is 5.99. The average molecular weight is 241 g/mol. The topological polar surface area (TPSA) is 26.0 Å². The van der Waals surface area contributed by atoms with Gasteiger partial charge in [-0.05, 0) is 61.4 Å². The van der Waals surface area contributed by atoms with Crippen molar-refractivity contribution in [1.82, 2.24) is 0 Å². The molecule has 0 aromatic rings. The van der Waals surface area contributed by atoms with Crippen molar-refractivity contribution in [3.05, 3.63) is 0 Å². The van der Waals surface area contributed by atoms with Gasteiger partial charge in [0.25, 0.3) is 0 Å². The predicted octanol–water partition coefficient (Wildman–Crippen LogP) is 3.67. The fourth-order valence-electron chi connectivity index (χ4n) is 3.43. The van der Waals surface area contributed by atoms with Crippen molar-refractivity contribution in [1.29, 1.82) is 0 Å². The summed E-state index contributed by atoms with van der Waals surface area (Å²) in [5.41, 5.74) is 6.43. The van der Waals surface area contributed by atoms with Gasteiger partial charge in [-0.15, -0.1) is 0 Å². The molecule has 1 heterocycles. The van der Waals surface area contributed by atoms with Crippen molar-refractivity contribution in [3.63, 3.8) is 0 Å². The third-order valence-electron chi connectivity index (χ3n) is 4.53. The fourth-order valence-corrected chi connectivity index (χ4v) is 4.63. The summed E-state index contributed by atoms with van der Waals surface area (Å²) in [7, 11) is 0. The summed E-state index contributed by atoms with van der Waals surface area (Å²) in [6.07, 6.45) is 9.78. The molecule has 2 rings (SSSR count). The Morgan fingerprint density at radius 2 is 1.94 bits per heavy atom. The summed E-state index contributed by atoms with van der Waals surface area (Å²) in [5.74, 6) is 5.44. The monoisotopic (exact) mass is 241 g/mol. The zero-order valence-corrected chi connectivity index (χ0v) is 11.5. The molecule has 0 aromatic heterocycles. The van der Waals surface area contributed by atoms with Crippen LogP contribution in [0, 0.1) is 17.8 Å². The third kappa shape index (κ3) is 3.66. The maximum absolute atomic E-state index is 6.43. The lowest BCUT2D eigenvalue weighted by molar-refractivity contribution is 0.222. The van der Waals surface area contributed by atoms with Crippen molar-refractivity contribution >= 4 is 11.8 Å². The van der Waals surface area contributed by atoms with E-state index >= 15 is 0 Å². The van der Waals surface area contributed by atoms with Crippen LogP contribution >= 0.6 is 11.8 Å². The van der Waals surface area contributed by atoms with Gasteiger partial charge < -0.3 is 5.73 Å². The molecule has 0 radical (unpaired) electrons. The molecular weight excluding hydrogens is 214 g/mol. The molecule has 3 unspecified atom stereocenters. The second kappa shape index (κ2) is 6.30. The number of nitrogens with two attached hydrogens (primary N) is 1. The van der Waals surface area contributed by atoms with E-state index in [0.717, 1.165) is 17.8 Å². The van der Waals surface area contributed by atoms with Gasteiger partial charge in [-0.3, -0.25) is 0 Å². The molecule has 1 saturated carbocycles. The molecule has 0 bridgehead atoms. The van der Waals surface area contributed by atoms with E-state index in [1.807, 2.05) is 0 Å². The molecule has 1 nitrogen and oxygen atoms in total. The average Bonchev–Trinajstić information content (AvgIpc) is 2.30. The maximum atomic E-state index is 6.43. The van der Waals surface area contributed by atoms with Crippen molar-refractivity contribution in [2.45, 2.75) is 57.9 Å². The summed E-state index contributed by atoms with van der Waals surface area (Å²) in [6, 6.07) is 0.496. The zero-order valence-electron chi connectivity index (χ0n) is 10.7. The molecule has 2 aliphatic rings. The van der Waals surface area contributed by atoms with Gasteiger partial charge in [0.05, 0.1) is 0 Å². The van der Waals surface area contributed by atoms with Crippen LogP contribution in [0.3, 0.4) is 0 Å². The van der Waals surface area contributed by atoms with E-state index in [1.165, 1.54) is 56.5 Å². The van der Waals surface area contributed by atoms with Crippen LogP contribution in [0.15, 0.2) is 0 Å². The van der Waals surface area contributed by atoms with Crippen LogP contribution in [0.5, 0.6) is 0 Å². The molecule has 2 N–H and O–H groups in total. The highest BCUT2D eigenvalue weighted by molar-refractivity contribution is 7.99. The first-order chi connectivity index (χ1) is 7.75. The van der Waals surface area contributed by atoms with Crippen molar-refractivity contribution in [2.24, 2.45) is 23.5 Å². The van der Waals surface area contributed by atoms with Gasteiger partial charge in [0.2, 0.25) is 0 Å². The fraction of sp³-hybridized carbons (Fsp3) is 1.00. The maximum Gasteiger partial charge on any atom is 0.00699 e. The first-order valence-electron chi connectivity index (χ1n) is 7.09. The van der Waals surface area contributed by atoms with E-state index in [-0.39, 0.29) is 0 Å². The van der Waals surface area contributed by atoms with Crippen LogP contribution in [0.1, 0.15) is 51.9 Å². The molecule has 1 aliphatic carbocycles. The minimum absolute atomic E-state index is 0.496. The summed E-state index contributed by atoms with van der Waals surface area (Å²) < 4.78 is 0. The highest BCUT2D eigenvalue weighted by atomic mass is 32.2. The van der Waals surface area contributed by atoms with E-state index in [4.69, 9.17) is 5.73 Å². The van der Waals surface area contributed by atoms with Gasteiger partial charge in [-0.25, -0.2) is 0 Å². The Kier molecular flexibility index (Phi) is 5.02. The number of hydrogen-bond donors (Lipinski definition) is 1. The minimum Gasteiger partial charge on any atom is -0.327 e. The lowest BCUT2D eigenvalue weighted by Gasteiger charge is -2.33. The van der Waals surface area contributed by atoms with E-state index in [2.05, 4.69) is 18.7 Å². The highest BCUT2D eigenvalue weighted by Gasteiger charge is 2.26. The van der Waals surface area contributed by atoms with Crippen LogP contribution < -0.4 is 5.73 Å². The van der Waals surface area contributed by atoms with E-state index in [9.17, 15) is 0 Å². The number of hydrogen-bond acceptors (Lipinski definition) is 2. The van der Waals surface area contributed by atoms with Gasteiger partial charge >= 0.3 is 0 Å². The first-order valence-corrected chi connectivity index (χ1v) is 8.24. The molecule has 1 aliphatic heterocycles. The molecule has 3 atom stereocenters. The Balaban J connectivity index is 1.75. The molecule has 1 saturated heterocycles. The third-order valence-corrected chi connectivity index (χ3v) is 5.58. The Labute approximate surface area is 105 Å². The Morgan fingerprint density at radius 3 is 2.62 bits per heavy atom. The lowest BCUT2D eigenvalue weighted by atomic mass is 9.76. The van der Waals surface area contributed by atoms with Crippen LogP contribution in [0.25, 0.3) is 0 Å². The van der Waals surface area contributed by atoms with E-state index in [1.54, 1.807) is 0 Å². The molecule has 2 heteroatoms. The van der Waals surface area contributed by atoms with Gasteiger partial charge in [0.15, 0.2) is 0 Å². The summed E-state index contributed by atoms with van der Waals surface area (Å²) in [5, 5.41) is 0. The molecule has 0 amide bonds. The number of thioether (sulfide) groups is 1. The molecule has 2 fully saturated rings. The van der Waals surface area contributed by atoms with Gasteiger partial charge in [-0.1, -0.05) is 19.8 Å². The molecule has 0 spiro atoms. The molecule has 0 aromatic carbocycles. The van der Waals surface area contributed by atoms with Crippen LogP contribution in [-0.2, 0) is 0 Å². The smallest absolute Gasteiger partial charge is 0.00699 e. The van der Waals surface area contributed by atoms with Crippen LogP contribution in [-0.4, -0.2) is 17.5 Å². The van der Waals surface area contributed by atoms with Gasteiger partial charge in [0.1, 0.15) is 0 Å². The largest absolute Gasteiger partial charge is 0.327 e. The van der Waals surface area contributed by atoms with Gasteiger partial charge in [-0.2, -0.15) is 11.8 Å². The Morgan fingerprint density at radius 1 is 1.19 bits per heavy atom. The molecule has 16 heavy (non-hydrogen) atoms. The summed E-state index contributed by atoms with van der Waals surface area (Å²) >= 11 is 2.12. The van der Waals surface area contributed by atoms with Crippen molar-refractivity contribution in [3.8, 4) is 0 Å². The molecule has 94 valence electrons. The predicted molar refractivity (Wildman–Crippen MR) is 73.8 cm³/mol. The van der Waals surface area contributed by atoms with Crippen LogP contribution in [0.2, 0.25) is 0 Å². The SMILES string of the molecule is CC1CCCC(C(N)CC2CCSCC2)C1. The first kappa shape index (κ1) is 12.8. The zero-order chi connectivity index (χ0) is 11.4. The minimum atomic E-state index is 0.496. The molecular formula is C14H27NS. The van der Waals surface area contributed by atoms with Gasteiger partial charge in [0, 0.05) is 6.04 Å². The lowest BCUT2D eigenvalue weighted by Crippen LogP contribution is -2.35. The normalized spacial score (nSPS) is 34.9. The standard InChI is InChI=1S/C14H27NS/c1-11-3-2-4-13(9-11)14(15)10-12-5-7-16-8-6-12/h11-14H,2-10,15H2,1H3. The number of rotatable bonds is 3. The quantitative estimate of drug-likeness (QED) is 0.816. The highest BCUT2D eigenvalue weighted by Crippen LogP contribution is 2.34. The second-order valence-corrected chi connectivity index (χ2v) is 7.21. The Hall–Kier alpha value is 0.310. The van der Waals surface area contributed by atoms with E-state index in [0.29, 0.717) is 6.04 Å². The van der Waals surface area contributed by atoms with E-state index < -0.39 is 0 Å². The van der Waals surface area contributed by atoms with Crippen LogP contribution in [0.4, 0.5) is 0 Å². The summed E-state index contributed by atoms with van der Waals surface area (Å²) in [6.45, 7) is 2.40. The van der Waals surface area contributed by atoms with Crippen molar-refractivity contribution in [2.75, 3.05) is 11.5 Å². The Bertz CT molecular complexity index is 201. The summed E-state index contributed by atoms with van der Waals surface area (Å²) in [4.78, 5) is 0.